The van der Waals surface area contributed by atoms with Gasteiger partial charge in [-0.3, -0.25) is 4.79 Å². The van der Waals surface area contributed by atoms with Crippen LogP contribution in [0.4, 0.5) is 0 Å². The van der Waals surface area contributed by atoms with E-state index in [0.29, 0.717) is 18.9 Å². The number of benzene rings is 1. The van der Waals surface area contributed by atoms with Crippen molar-refractivity contribution in [3.05, 3.63) is 29.8 Å². The van der Waals surface area contributed by atoms with Crippen LogP contribution in [-0.2, 0) is 11.2 Å². The molecule has 3 N–H and O–H groups in total. The van der Waals surface area contributed by atoms with Crippen molar-refractivity contribution in [2.75, 3.05) is 13.7 Å². The van der Waals surface area contributed by atoms with E-state index < -0.39 is 0 Å². The fourth-order valence-electron chi connectivity index (χ4n) is 2.05. The number of amides is 1. The van der Waals surface area contributed by atoms with Gasteiger partial charge in [0.15, 0.2) is 0 Å². The summed E-state index contributed by atoms with van der Waals surface area (Å²) in [6.45, 7) is 0.527. The smallest absolute Gasteiger partial charge is 0.224 e. The van der Waals surface area contributed by atoms with Gasteiger partial charge >= 0.3 is 0 Å². The third-order valence-corrected chi connectivity index (χ3v) is 3.32. The first kappa shape index (κ1) is 15.8. The van der Waals surface area contributed by atoms with E-state index in [0.717, 1.165) is 11.3 Å². The molecule has 19 heavy (non-hydrogen) atoms. The maximum atomic E-state index is 11.9. The minimum absolute atomic E-state index is 0. The minimum Gasteiger partial charge on any atom is -0.497 e. The van der Waals surface area contributed by atoms with Crippen LogP contribution in [0.1, 0.15) is 18.4 Å². The first-order chi connectivity index (χ1) is 8.72. The van der Waals surface area contributed by atoms with Crippen LogP contribution in [0.2, 0.25) is 0 Å². The lowest BCUT2D eigenvalue weighted by molar-refractivity contribution is -0.121. The van der Waals surface area contributed by atoms with Gasteiger partial charge in [-0.25, -0.2) is 0 Å². The molecule has 0 aromatic heterocycles. The standard InChI is InChI=1S/C14H20N2O2.ClH/c1-18-12-6-2-10(3-7-12)8-14(17)16-13(9-15)11-4-5-11;/h2-3,6-7,11,13H,4-5,8-9,15H2,1H3,(H,16,17);1H. The van der Waals surface area contributed by atoms with Crippen LogP contribution in [0.5, 0.6) is 5.75 Å². The van der Waals surface area contributed by atoms with Gasteiger partial charge in [-0.2, -0.15) is 0 Å². The zero-order valence-electron chi connectivity index (χ0n) is 11.1. The third-order valence-electron chi connectivity index (χ3n) is 3.32. The molecule has 1 amide bonds. The molecule has 0 aliphatic heterocycles. The van der Waals surface area contributed by atoms with Gasteiger partial charge < -0.3 is 15.8 Å². The van der Waals surface area contributed by atoms with E-state index in [1.165, 1.54) is 12.8 Å². The Morgan fingerprint density at radius 3 is 2.53 bits per heavy atom. The van der Waals surface area contributed by atoms with Crippen molar-refractivity contribution in [2.24, 2.45) is 11.7 Å². The van der Waals surface area contributed by atoms with E-state index in [9.17, 15) is 4.79 Å². The summed E-state index contributed by atoms with van der Waals surface area (Å²) >= 11 is 0. The predicted octanol–water partition coefficient (Wildman–Crippen LogP) is 1.51. The third kappa shape index (κ3) is 4.73. The molecule has 106 valence electrons. The lowest BCUT2D eigenvalue weighted by atomic mass is 10.1. The second-order valence-corrected chi connectivity index (χ2v) is 4.77. The molecule has 1 atom stereocenters. The van der Waals surface area contributed by atoms with Crippen molar-refractivity contribution >= 4 is 18.3 Å². The van der Waals surface area contributed by atoms with E-state index in [2.05, 4.69) is 5.32 Å². The Morgan fingerprint density at radius 2 is 2.05 bits per heavy atom. The van der Waals surface area contributed by atoms with Gasteiger partial charge in [0, 0.05) is 12.6 Å². The predicted molar refractivity (Wildman–Crippen MR) is 77.7 cm³/mol. The number of carbonyl (C=O) groups is 1. The van der Waals surface area contributed by atoms with Gasteiger partial charge in [0.05, 0.1) is 13.5 Å². The number of hydrogen-bond acceptors (Lipinski definition) is 3. The fourth-order valence-corrected chi connectivity index (χ4v) is 2.05. The zero-order valence-corrected chi connectivity index (χ0v) is 11.9. The number of methoxy groups -OCH3 is 1. The normalized spacial score (nSPS) is 15.3. The summed E-state index contributed by atoms with van der Waals surface area (Å²) in [5.41, 5.74) is 6.65. The summed E-state index contributed by atoms with van der Waals surface area (Å²) < 4.78 is 5.08. The number of carbonyl (C=O) groups excluding carboxylic acids is 1. The van der Waals surface area contributed by atoms with Crippen LogP contribution < -0.4 is 15.8 Å². The summed E-state index contributed by atoms with van der Waals surface area (Å²) in [4.78, 5) is 11.9. The van der Waals surface area contributed by atoms with Crippen molar-refractivity contribution in [3.63, 3.8) is 0 Å². The summed E-state index contributed by atoms with van der Waals surface area (Å²) in [5, 5.41) is 3.01. The molecule has 1 saturated carbocycles. The summed E-state index contributed by atoms with van der Waals surface area (Å²) in [5.74, 6) is 1.44. The summed E-state index contributed by atoms with van der Waals surface area (Å²) in [6.07, 6.45) is 2.77. The lowest BCUT2D eigenvalue weighted by Gasteiger charge is -2.16. The maximum Gasteiger partial charge on any atom is 0.224 e. The monoisotopic (exact) mass is 284 g/mol. The second kappa shape index (κ2) is 7.36. The van der Waals surface area contributed by atoms with Gasteiger partial charge in [0.25, 0.3) is 0 Å². The molecular weight excluding hydrogens is 264 g/mol. The molecule has 1 unspecified atom stereocenters. The van der Waals surface area contributed by atoms with Gasteiger partial charge in [-0.1, -0.05) is 12.1 Å². The minimum atomic E-state index is 0. The highest BCUT2D eigenvalue weighted by Gasteiger charge is 2.31. The van der Waals surface area contributed by atoms with Crippen LogP contribution in [0.15, 0.2) is 24.3 Å². The molecule has 1 aromatic carbocycles. The molecule has 1 aliphatic rings. The zero-order chi connectivity index (χ0) is 13.0. The number of nitrogens with two attached hydrogens (primary N) is 1. The van der Waals surface area contributed by atoms with E-state index in [1.807, 2.05) is 24.3 Å². The van der Waals surface area contributed by atoms with Crippen molar-refractivity contribution in [1.29, 1.82) is 0 Å². The first-order valence-electron chi connectivity index (χ1n) is 6.35. The molecule has 0 bridgehead atoms. The largest absolute Gasteiger partial charge is 0.497 e. The van der Waals surface area contributed by atoms with E-state index >= 15 is 0 Å². The summed E-state index contributed by atoms with van der Waals surface area (Å²) in [6, 6.07) is 7.70. The highest BCUT2D eigenvalue weighted by molar-refractivity contribution is 5.85. The van der Waals surface area contributed by atoms with Crippen LogP contribution in [0.25, 0.3) is 0 Å². The molecular formula is C14H21ClN2O2. The molecule has 0 saturated heterocycles. The molecule has 1 aliphatic carbocycles. The lowest BCUT2D eigenvalue weighted by Crippen LogP contribution is -2.42. The van der Waals surface area contributed by atoms with Gasteiger partial charge in [-0.15, -0.1) is 12.4 Å². The Balaban J connectivity index is 0.00000180. The molecule has 1 fully saturated rings. The van der Waals surface area contributed by atoms with Crippen molar-refractivity contribution < 1.29 is 9.53 Å². The van der Waals surface area contributed by atoms with Crippen LogP contribution in [-0.4, -0.2) is 25.6 Å². The molecule has 5 heteroatoms. The average Bonchev–Trinajstić information content (AvgIpc) is 3.21. The SMILES string of the molecule is COc1ccc(CC(=O)NC(CN)C2CC2)cc1.Cl. The Bertz CT molecular complexity index is 404. The molecule has 4 nitrogen and oxygen atoms in total. The average molecular weight is 285 g/mol. The maximum absolute atomic E-state index is 11.9. The Morgan fingerprint density at radius 1 is 1.42 bits per heavy atom. The quantitative estimate of drug-likeness (QED) is 0.832. The molecule has 0 heterocycles. The Kier molecular flexibility index (Phi) is 6.12. The summed E-state index contributed by atoms with van der Waals surface area (Å²) in [7, 11) is 1.63. The number of rotatable bonds is 6. The van der Waals surface area contributed by atoms with Crippen molar-refractivity contribution in [1.82, 2.24) is 5.32 Å². The fraction of sp³-hybridized carbons (Fsp3) is 0.500. The Labute approximate surface area is 120 Å². The first-order valence-corrected chi connectivity index (χ1v) is 6.35. The topological polar surface area (TPSA) is 64.3 Å². The number of hydrogen-bond donors (Lipinski definition) is 2. The van der Waals surface area contributed by atoms with Crippen LogP contribution >= 0.6 is 12.4 Å². The van der Waals surface area contributed by atoms with E-state index in [-0.39, 0.29) is 24.4 Å². The van der Waals surface area contributed by atoms with E-state index in [1.54, 1.807) is 7.11 Å². The highest BCUT2D eigenvalue weighted by Crippen LogP contribution is 2.32. The van der Waals surface area contributed by atoms with Gasteiger partial charge in [0.1, 0.15) is 5.75 Å². The Hall–Kier alpha value is -1.26. The molecule has 0 radical (unpaired) electrons. The number of ether oxygens (including phenoxy) is 1. The second-order valence-electron chi connectivity index (χ2n) is 4.77. The van der Waals surface area contributed by atoms with Crippen molar-refractivity contribution in [2.45, 2.75) is 25.3 Å². The number of nitrogens with one attached hydrogen (secondary N) is 1. The van der Waals surface area contributed by atoms with Crippen molar-refractivity contribution in [3.8, 4) is 5.75 Å². The molecule has 1 aromatic rings. The van der Waals surface area contributed by atoms with Gasteiger partial charge in [0.2, 0.25) is 5.91 Å². The van der Waals surface area contributed by atoms with Gasteiger partial charge in [-0.05, 0) is 36.5 Å². The van der Waals surface area contributed by atoms with Crippen LogP contribution in [0.3, 0.4) is 0 Å². The molecule has 2 rings (SSSR count). The van der Waals surface area contributed by atoms with Crippen LogP contribution in [0, 0.1) is 5.92 Å². The number of halogens is 1. The van der Waals surface area contributed by atoms with E-state index in [4.69, 9.17) is 10.5 Å². The highest BCUT2D eigenvalue weighted by atomic mass is 35.5. The molecule has 0 spiro atoms.